The summed E-state index contributed by atoms with van der Waals surface area (Å²) in [5, 5.41) is -0.913. The van der Waals surface area contributed by atoms with E-state index in [2.05, 4.69) is 0 Å². The van der Waals surface area contributed by atoms with Gasteiger partial charge in [0.25, 0.3) is 0 Å². The third-order valence-corrected chi connectivity index (χ3v) is 4.44. The van der Waals surface area contributed by atoms with Crippen molar-refractivity contribution in [2.45, 2.75) is 11.7 Å². The van der Waals surface area contributed by atoms with Crippen molar-refractivity contribution >= 4 is 27.5 Å². The molecule has 0 heterocycles. The van der Waals surface area contributed by atoms with Crippen LogP contribution in [0.4, 0.5) is 0 Å². The van der Waals surface area contributed by atoms with Crippen LogP contribution in [0.3, 0.4) is 0 Å². The van der Waals surface area contributed by atoms with Crippen molar-refractivity contribution in [3.63, 3.8) is 0 Å². The van der Waals surface area contributed by atoms with E-state index in [-0.39, 0.29) is 29.6 Å². The van der Waals surface area contributed by atoms with Gasteiger partial charge in [0.1, 0.15) is 10.1 Å². The number of Topliss-reactive ketones (excluding diaryl/α,β-unsaturated/α-hetero) is 1. The largest absolute Gasteiger partial charge is 1.00 e. The van der Waals surface area contributed by atoms with Gasteiger partial charge in [-0.25, -0.2) is 8.42 Å². The molecule has 1 unspecified atom stereocenters. The molecule has 110 valence electrons. The van der Waals surface area contributed by atoms with Crippen molar-refractivity contribution in [3.05, 3.63) is 70.7 Å². The molecule has 0 aliphatic rings. The Kier molecular flexibility index (Phi) is 7.25. The fourth-order valence-corrected chi connectivity index (χ4v) is 2.95. The second-order valence-corrected chi connectivity index (χ2v) is 6.52. The maximum atomic E-state index is 12.1. The number of hydrogen-bond acceptors (Lipinski definition) is 4. The van der Waals surface area contributed by atoms with Crippen molar-refractivity contribution in [2.24, 2.45) is 0 Å². The summed E-state index contributed by atoms with van der Waals surface area (Å²) in [5.41, 5.74) is 0.638. The first-order chi connectivity index (χ1) is 9.88. The average Bonchev–Trinajstić information content (AvgIpc) is 2.45. The topological polar surface area (TPSA) is 74.3 Å². The van der Waals surface area contributed by atoms with E-state index < -0.39 is 27.6 Å². The van der Waals surface area contributed by atoms with Crippen LogP contribution in [-0.4, -0.2) is 18.8 Å². The Labute approximate surface area is 156 Å². The molecule has 2 aromatic rings. The second kappa shape index (κ2) is 8.24. The van der Waals surface area contributed by atoms with Crippen LogP contribution in [0.5, 0.6) is 0 Å². The second-order valence-electron chi connectivity index (χ2n) is 4.53. The Morgan fingerprint density at radius 2 is 1.59 bits per heavy atom. The summed E-state index contributed by atoms with van der Waals surface area (Å²) in [5.74, 6) is -0.417. The fourth-order valence-electron chi connectivity index (χ4n) is 1.98. The predicted octanol–water partition coefficient (Wildman–Crippen LogP) is 0.203. The minimum atomic E-state index is -4.63. The monoisotopic (exact) mass is 346 g/mol. The molecule has 0 aliphatic heterocycles. The summed E-state index contributed by atoms with van der Waals surface area (Å²) in [4.78, 5) is 12.1. The van der Waals surface area contributed by atoms with Crippen molar-refractivity contribution in [3.8, 4) is 0 Å². The molecule has 0 aromatic heterocycles. The first-order valence-electron chi connectivity index (χ1n) is 6.16. The van der Waals surface area contributed by atoms with Gasteiger partial charge in [0.2, 0.25) is 0 Å². The molecule has 7 heteroatoms. The first kappa shape index (κ1) is 19.4. The summed E-state index contributed by atoms with van der Waals surface area (Å²) < 4.78 is 34.3. The molecule has 0 amide bonds. The van der Waals surface area contributed by atoms with Crippen LogP contribution < -0.4 is 29.6 Å². The molecule has 2 rings (SSSR count). The number of carbonyl (C=O) groups excluding carboxylic acids is 1. The van der Waals surface area contributed by atoms with Crippen LogP contribution in [0.15, 0.2) is 54.6 Å². The molecular weight excluding hydrogens is 335 g/mol. The van der Waals surface area contributed by atoms with Crippen molar-refractivity contribution in [1.29, 1.82) is 0 Å². The van der Waals surface area contributed by atoms with E-state index in [0.29, 0.717) is 16.1 Å². The molecule has 0 bridgehead atoms. The van der Waals surface area contributed by atoms with E-state index >= 15 is 0 Å². The van der Waals surface area contributed by atoms with E-state index in [4.69, 9.17) is 11.6 Å². The smallest absolute Gasteiger partial charge is 0.747 e. The molecule has 0 spiro atoms. The van der Waals surface area contributed by atoms with Crippen LogP contribution in [0.2, 0.25) is 5.02 Å². The van der Waals surface area contributed by atoms with Gasteiger partial charge >= 0.3 is 29.6 Å². The number of rotatable bonds is 5. The van der Waals surface area contributed by atoms with Gasteiger partial charge in [0.15, 0.2) is 5.78 Å². The first-order valence-corrected chi connectivity index (χ1v) is 8.01. The Morgan fingerprint density at radius 3 is 2.09 bits per heavy atom. The number of benzene rings is 2. The molecule has 22 heavy (non-hydrogen) atoms. The summed E-state index contributed by atoms with van der Waals surface area (Å²) in [6.07, 6.45) is -0.391. The van der Waals surface area contributed by atoms with Gasteiger partial charge in [0.05, 0.1) is 5.25 Å². The normalized spacial score (nSPS) is 12.3. The molecule has 0 saturated carbocycles. The molecule has 2 aromatic carbocycles. The molecule has 0 aliphatic carbocycles. The maximum absolute atomic E-state index is 12.1. The van der Waals surface area contributed by atoms with E-state index in [9.17, 15) is 17.8 Å². The van der Waals surface area contributed by atoms with Crippen LogP contribution >= 0.6 is 11.6 Å². The zero-order valence-electron chi connectivity index (χ0n) is 11.9. The number of carbonyl (C=O) groups is 1. The van der Waals surface area contributed by atoms with Crippen molar-refractivity contribution < 1.29 is 47.3 Å². The minimum Gasteiger partial charge on any atom is -0.747 e. The number of halogens is 1. The van der Waals surface area contributed by atoms with Gasteiger partial charge < -0.3 is 4.55 Å². The Morgan fingerprint density at radius 1 is 1.05 bits per heavy atom. The molecule has 4 nitrogen and oxygen atoms in total. The van der Waals surface area contributed by atoms with E-state index in [0.717, 1.165) is 0 Å². The van der Waals surface area contributed by atoms with Gasteiger partial charge in [-0.3, -0.25) is 4.79 Å². The molecular formula is C15H12ClNaO4S. The fraction of sp³-hybridized carbons (Fsp3) is 0.133. The van der Waals surface area contributed by atoms with Crippen LogP contribution in [-0.2, 0) is 10.1 Å². The van der Waals surface area contributed by atoms with Gasteiger partial charge in [-0.05, 0) is 29.8 Å². The molecule has 0 saturated heterocycles. The van der Waals surface area contributed by atoms with Gasteiger partial charge in [-0.1, -0.05) is 41.9 Å². The Balaban J connectivity index is 0.00000242. The standard InChI is InChI=1S/C15H13ClO4S.Na/c16-13-8-6-11(7-9-13)14(17)10-15(21(18,19)20)12-4-2-1-3-5-12;/h1-9,15H,10H2,(H,18,19,20);/q;+1/p-1. The molecule has 0 radical (unpaired) electrons. The third-order valence-electron chi connectivity index (χ3n) is 3.06. The zero-order chi connectivity index (χ0) is 15.5. The average molecular weight is 347 g/mol. The van der Waals surface area contributed by atoms with Crippen LogP contribution in [0, 0.1) is 0 Å². The van der Waals surface area contributed by atoms with Gasteiger partial charge in [0, 0.05) is 17.0 Å². The summed E-state index contributed by atoms with van der Waals surface area (Å²) in [6.45, 7) is 0. The van der Waals surface area contributed by atoms with E-state index in [1.165, 1.54) is 36.4 Å². The van der Waals surface area contributed by atoms with Crippen molar-refractivity contribution in [2.75, 3.05) is 0 Å². The van der Waals surface area contributed by atoms with Gasteiger partial charge in [-0.2, -0.15) is 0 Å². The SMILES string of the molecule is O=C(CC(c1ccccc1)S(=O)(=O)[O-])c1ccc(Cl)cc1.[Na+]. The van der Waals surface area contributed by atoms with Crippen molar-refractivity contribution in [1.82, 2.24) is 0 Å². The minimum absolute atomic E-state index is 0. The van der Waals surface area contributed by atoms with E-state index in [1.807, 2.05) is 0 Å². The number of ketones is 1. The van der Waals surface area contributed by atoms with Crippen LogP contribution in [0.1, 0.15) is 27.6 Å². The zero-order valence-corrected chi connectivity index (χ0v) is 15.5. The van der Waals surface area contributed by atoms with Gasteiger partial charge in [-0.15, -0.1) is 0 Å². The van der Waals surface area contributed by atoms with Crippen LogP contribution in [0.25, 0.3) is 0 Å². The summed E-state index contributed by atoms with van der Waals surface area (Å²) >= 11 is 5.73. The number of hydrogen-bond donors (Lipinski definition) is 0. The Hall–Kier alpha value is -0.690. The molecule has 0 fully saturated rings. The third kappa shape index (κ3) is 5.19. The molecule has 1 atom stereocenters. The summed E-state index contributed by atoms with van der Waals surface area (Å²) in [6, 6.07) is 14.1. The predicted molar refractivity (Wildman–Crippen MR) is 79.3 cm³/mol. The maximum Gasteiger partial charge on any atom is 1.00 e. The Bertz CT molecular complexity index is 730. The van der Waals surface area contributed by atoms with E-state index in [1.54, 1.807) is 18.2 Å². The molecule has 0 N–H and O–H groups in total. The quantitative estimate of drug-likeness (QED) is 0.440. The summed E-state index contributed by atoms with van der Waals surface area (Å²) in [7, 11) is -4.63.